The molecule has 0 amide bonds. The van der Waals surface area contributed by atoms with Crippen molar-refractivity contribution in [3.05, 3.63) is 28.5 Å². The third kappa shape index (κ3) is 2.34. The normalized spacial score (nSPS) is 19.0. The Morgan fingerprint density at radius 1 is 1.50 bits per heavy atom. The maximum absolute atomic E-state index is 4.33. The summed E-state index contributed by atoms with van der Waals surface area (Å²) >= 11 is 3.38. The lowest BCUT2D eigenvalue weighted by Gasteiger charge is -2.39. The van der Waals surface area contributed by atoms with Gasteiger partial charge in [-0.25, -0.2) is 0 Å². The minimum Gasteiger partial charge on any atom is -0.306 e. The van der Waals surface area contributed by atoms with E-state index in [0.29, 0.717) is 5.54 Å². The van der Waals surface area contributed by atoms with E-state index in [4.69, 9.17) is 0 Å². The molecule has 1 aromatic rings. The zero-order valence-corrected chi connectivity index (χ0v) is 9.97. The van der Waals surface area contributed by atoms with Gasteiger partial charge in [0, 0.05) is 22.8 Å². The van der Waals surface area contributed by atoms with Gasteiger partial charge < -0.3 is 5.32 Å². The SMILES string of the molecule is CC1(NCc2ccc(Br)cn2)CCC1. The van der Waals surface area contributed by atoms with Crippen molar-refractivity contribution in [2.24, 2.45) is 0 Å². The summed E-state index contributed by atoms with van der Waals surface area (Å²) in [6.45, 7) is 3.17. The second-order valence-corrected chi connectivity index (χ2v) is 5.15. The molecular formula is C11H15BrN2. The number of hydrogen-bond donors (Lipinski definition) is 1. The molecule has 0 saturated heterocycles. The van der Waals surface area contributed by atoms with Gasteiger partial charge in [-0.15, -0.1) is 0 Å². The lowest BCUT2D eigenvalue weighted by atomic mass is 9.78. The van der Waals surface area contributed by atoms with Gasteiger partial charge in [-0.3, -0.25) is 4.98 Å². The van der Waals surface area contributed by atoms with E-state index in [1.165, 1.54) is 19.3 Å². The van der Waals surface area contributed by atoms with Crippen LogP contribution in [0.1, 0.15) is 31.9 Å². The van der Waals surface area contributed by atoms with Crippen LogP contribution in [0.5, 0.6) is 0 Å². The Hall–Kier alpha value is -0.410. The lowest BCUT2D eigenvalue weighted by molar-refractivity contribution is 0.206. The maximum atomic E-state index is 4.33. The molecule has 2 nitrogen and oxygen atoms in total. The number of nitrogens with zero attached hydrogens (tertiary/aromatic N) is 1. The molecule has 14 heavy (non-hydrogen) atoms. The number of pyridine rings is 1. The fourth-order valence-corrected chi connectivity index (χ4v) is 1.93. The van der Waals surface area contributed by atoms with E-state index in [0.717, 1.165) is 16.7 Å². The molecule has 1 aromatic heterocycles. The van der Waals surface area contributed by atoms with E-state index >= 15 is 0 Å². The zero-order chi connectivity index (χ0) is 10.0. The van der Waals surface area contributed by atoms with Gasteiger partial charge in [-0.1, -0.05) is 0 Å². The summed E-state index contributed by atoms with van der Waals surface area (Å²) in [5.74, 6) is 0. The van der Waals surface area contributed by atoms with Gasteiger partial charge >= 0.3 is 0 Å². The molecule has 1 saturated carbocycles. The average molecular weight is 255 g/mol. The van der Waals surface area contributed by atoms with Gasteiger partial charge in [0.25, 0.3) is 0 Å². The highest BCUT2D eigenvalue weighted by molar-refractivity contribution is 9.10. The summed E-state index contributed by atoms with van der Waals surface area (Å²) in [4.78, 5) is 4.33. The van der Waals surface area contributed by atoms with Gasteiger partial charge in [-0.2, -0.15) is 0 Å². The fourth-order valence-electron chi connectivity index (χ4n) is 1.70. The third-order valence-corrected chi connectivity index (χ3v) is 3.41. The second-order valence-electron chi connectivity index (χ2n) is 4.24. The highest BCUT2D eigenvalue weighted by Crippen LogP contribution is 2.31. The van der Waals surface area contributed by atoms with Gasteiger partial charge in [-0.05, 0) is 54.2 Å². The fraction of sp³-hybridized carbons (Fsp3) is 0.545. The molecule has 0 unspecified atom stereocenters. The summed E-state index contributed by atoms with van der Waals surface area (Å²) in [6, 6.07) is 4.09. The van der Waals surface area contributed by atoms with Crippen LogP contribution in [0.25, 0.3) is 0 Å². The van der Waals surface area contributed by atoms with Crippen molar-refractivity contribution < 1.29 is 0 Å². The summed E-state index contributed by atoms with van der Waals surface area (Å²) in [6.07, 6.45) is 5.80. The van der Waals surface area contributed by atoms with Crippen LogP contribution < -0.4 is 5.32 Å². The Kier molecular flexibility index (Phi) is 2.88. The van der Waals surface area contributed by atoms with Gasteiger partial charge in [0.2, 0.25) is 0 Å². The lowest BCUT2D eigenvalue weighted by Crippen LogP contribution is -2.47. The number of nitrogens with one attached hydrogen (secondary N) is 1. The van der Waals surface area contributed by atoms with E-state index in [2.05, 4.69) is 39.2 Å². The molecule has 1 aliphatic carbocycles. The van der Waals surface area contributed by atoms with Crippen LogP contribution >= 0.6 is 15.9 Å². The molecule has 1 N–H and O–H groups in total. The van der Waals surface area contributed by atoms with Crippen LogP contribution in [0.2, 0.25) is 0 Å². The first kappa shape index (κ1) is 10.1. The smallest absolute Gasteiger partial charge is 0.0542 e. The largest absolute Gasteiger partial charge is 0.306 e. The van der Waals surface area contributed by atoms with Crippen molar-refractivity contribution in [1.82, 2.24) is 10.3 Å². The average Bonchev–Trinajstić information content (AvgIpc) is 2.14. The van der Waals surface area contributed by atoms with Crippen LogP contribution in [0.3, 0.4) is 0 Å². The van der Waals surface area contributed by atoms with E-state index in [9.17, 15) is 0 Å². The predicted octanol–water partition coefficient (Wildman–Crippen LogP) is 2.88. The Balaban J connectivity index is 1.88. The van der Waals surface area contributed by atoms with Gasteiger partial charge in [0.1, 0.15) is 0 Å². The van der Waals surface area contributed by atoms with Gasteiger partial charge in [0.15, 0.2) is 0 Å². The number of hydrogen-bond acceptors (Lipinski definition) is 2. The molecule has 1 aliphatic rings. The molecule has 76 valence electrons. The Bertz CT molecular complexity index is 304. The second kappa shape index (κ2) is 3.99. The first-order chi connectivity index (χ1) is 6.68. The van der Waals surface area contributed by atoms with Crippen molar-refractivity contribution in [1.29, 1.82) is 0 Å². The number of aromatic nitrogens is 1. The molecule has 0 bridgehead atoms. The van der Waals surface area contributed by atoms with Crippen LogP contribution in [0, 0.1) is 0 Å². The van der Waals surface area contributed by atoms with Crippen molar-refractivity contribution in [2.45, 2.75) is 38.3 Å². The maximum Gasteiger partial charge on any atom is 0.0542 e. The minimum atomic E-state index is 0.370. The first-order valence-corrected chi connectivity index (χ1v) is 5.83. The van der Waals surface area contributed by atoms with Crippen LogP contribution in [0.15, 0.2) is 22.8 Å². The standard InChI is InChI=1S/C11H15BrN2/c1-11(5-2-6-11)14-8-10-4-3-9(12)7-13-10/h3-4,7,14H,2,5-6,8H2,1H3. The van der Waals surface area contributed by atoms with Gasteiger partial charge in [0.05, 0.1) is 5.69 Å². The van der Waals surface area contributed by atoms with E-state index < -0.39 is 0 Å². The van der Waals surface area contributed by atoms with Crippen LogP contribution in [-0.2, 0) is 6.54 Å². The molecular weight excluding hydrogens is 240 g/mol. The quantitative estimate of drug-likeness (QED) is 0.898. The summed E-state index contributed by atoms with van der Waals surface area (Å²) in [5.41, 5.74) is 1.48. The molecule has 0 radical (unpaired) electrons. The molecule has 0 atom stereocenters. The molecule has 1 fully saturated rings. The van der Waals surface area contributed by atoms with Crippen molar-refractivity contribution in [3.8, 4) is 0 Å². The van der Waals surface area contributed by atoms with Crippen LogP contribution in [0.4, 0.5) is 0 Å². The Morgan fingerprint density at radius 3 is 2.79 bits per heavy atom. The Labute approximate surface area is 93.3 Å². The number of rotatable bonds is 3. The van der Waals surface area contributed by atoms with E-state index in [1.54, 1.807) is 0 Å². The summed E-state index contributed by atoms with van der Waals surface area (Å²) < 4.78 is 1.04. The van der Waals surface area contributed by atoms with Crippen molar-refractivity contribution >= 4 is 15.9 Å². The molecule has 2 rings (SSSR count). The molecule has 0 aliphatic heterocycles. The van der Waals surface area contributed by atoms with E-state index in [1.807, 2.05) is 12.3 Å². The highest BCUT2D eigenvalue weighted by atomic mass is 79.9. The van der Waals surface area contributed by atoms with Crippen molar-refractivity contribution in [3.63, 3.8) is 0 Å². The molecule has 3 heteroatoms. The first-order valence-electron chi connectivity index (χ1n) is 5.03. The molecule has 0 spiro atoms. The monoisotopic (exact) mass is 254 g/mol. The van der Waals surface area contributed by atoms with E-state index in [-0.39, 0.29) is 0 Å². The third-order valence-electron chi connectivity index (χ3n) is 2.94. The van der Waals surface area contributed by atoms with Crippen LogP contribution in [-0.4, -0.2) is 10.5 Å². The zero-order valence-electron chi connectivity index (χ0n) is 8.39. The summed E-state index contributed by atoms with van der Waals surface area (Å²) in [7, 11) is 0. The predicted molar refractivity (Wildman–Crippen MR) is 61.0 cm³/mol. The molecule has 1 heterocycles. The molecule has 0 aromatic carbocycles. The topological polar surface area (TPSA) is 24.9 Å². The minimum absolute atomic E-state index is 0.370. The Morgan fingerprint density at radius 2 is 2.29 bits per heavy atom. The summed E-state index contributed by atoms with van der Waals surface area (Å²) in [5, 5.41) is 3.55. The highest BCUT2D eigenvalue weighted by Gasteiger charge is 2.30. The van der Waals surface area contributed by atoms with Crippen molar-refractivity contribution in [2.75, 3.05) is 0 Å². The number of halogens is 1.